The van der Waals surface area contributed by atoms with Crippen LogP contribution in [0.5, 0.6) is 0 Å². The van der Waals surface area contributed by atoms with E-state index in [4.69, 9.17) is 9.84 Å². The summed E-state index contributed by atoms with van der Waals surface area (Å²) >= 11 is 0. The van der Waals surface area contributed by atoms with Gasteiger partial charge in [0.15, 0.2) is 0 Å². The topological polar surface area (TPSA) is 75.6 Å². The molecular weight excluding hydrogens is 258 g/mol. The molecule has 5 heteroatoms. The summed E-state index contributed by atoms with van der Waals surface area (Å²) < 4.78 is 5.14. The van der Waals surface area contributed by atoms with Crippen molar-refractivity contribution < 1.29 is 19.4 Å². The molecule has 0 aliphatic rings. The van der Waals surface area contributed by atoms with Gasteiger partial charge in [-0.25, -0.2) is 4.79 Å². The predicted molar refractivity (Wildman–Crippen MR) is 78.6 cm³/mol. The molecule has 20 heavy (non-hydrogen) atoms. The molecule has 5 nitrogen and oxygen atoms in total. The van der Waals surface area contributed by atoms with E-state index in [9.17, 15) is 9.59 Å². The lowest BCUT2D eigenvalue weighted by Crippen LogP contribution is -2.34. The summed E-state index contributed by atoms with van der Waals surface area (Å²) in [5, 5.41) is 11.5. The number of nitrogens with one attached hydrogen (secondary N) is 1. The van der Waals surface area contributed by atoms with E-state index < -0.39 is 23.6 Å². The van der Waals surface area contributed by atoms with E-state index in [0.29, 0.717) is 13.0 Å². The molecule has 0 bridgehead atoms. The van der Waals surface area contributed by atoms with Gasteiger partial charge in [0.25, 0.3) is 0 Å². The molecule has 0 heterocycles. The molecule has 1 amide bonds. The maximum atomic E-state index is 11.5. The van der Waals surface area contributed by atoms with Crippen LogP contribution in [-0.2, 0) is 9.53 Å². The van der Waals surface area contributed by atoms with Crippen LogP contribution in [0.2, 0.25) is 0 Å². The van der Waals surface area contributed by atoms with Crippen LogP contribution >= 0.6 is 0 Å². The van der Waals surface area contributed by atoms with Crippen LogP contribution in [0.25, 0.3) is 0 Å². The Morgan fingerprint density at radius 1 is 1.30 bits per heavy atom. The van der Waals surface area contributed by atoms with Gasteiger partial charge in [0.2, 0.25) is 0 Å². The van der Waals surface area contributed by atoms with Gasteiger partial charge in [0.05, 0.1) is 5.92 Å². The lowest BCUT2D eigenvalue weighted by atomic mass is 9.99. The second-order valence-corrected chi connectivity index (χ2v) is 6.32. The Hall–Kier alpha value is -1.52. The fourth-order valence-corrected chi connectivity index (χ4v) is 1.74. The molecule has 0 aromatic carbocycles. The second kappa shape index (κ2) is 7.92. The number of amides is 1. The number of hydrogen-bond donors (Lipinski definition) is 2. The summed E-state index contributed by atoms with van der Waals surface area (Å²) in [7, 11) is 0. The summed E-state index contributed by atoms with van der Waals surface area (Å²) in [6.07, 6.45) is 2.07. The van der Waals surface area contributed by atoms with Gasteiger partial charge in [-0.15, -0.1) is 0 Å². The third kappa shape index (κ3) is 9.42. The van der Waals surface area contributed by atoms with Crippen molar-refractivity contribution in [3.05, 3.63) is 11.6 Å². The molecule has 0 aliphatic carbocycles. The number of carboxylic acids is 1. The zero-order chi connectivity index (χ0) is 15.9. The molecule has 0 aromatic rings. The average Bonchev–Trinajstić information content (AvgIpc) is 2.23. The zero-order valence-corrected chi connectivity index (χ0v) is 13.3. The maximum absolute atomic E-state index is 11.5. The van der Waals surface area contributed by atoms with Gasteiger partial charge >= 0.3 is 12.1 Å². The van der Waals surface area contributed by atoms with E-state index in [-0.39, 0.29) is 5.92 Å². The molecule has 2 N–H and O–H groups in total. The predicted octanol–water partition coefficient (Wildman–Crippen LogP) is 3.20. The largest absolute Gasteiger partial charge is 0.481 e. The average molecular weight is 285 g/mol. The monoisotopic (exact) mass is 285 g/mol. The highest BCUT2D eigenvalue weighted by atomic mass is 16.6. The molecule has 0 aromatic heterocycles. The third-order valence-electron chi connectivity index (χ3n) is 2.59. The molecule has 0 spiro atoms. The van der Waals surface area contributed by atoms with Gasteiger partial charge in [0, 0.05) is 6.54 Å². The number of rotatable bonds is 6. The van der Waals surface area contributed by atoms with Crippen LogP contribution in [0.1, 0.15) is 48.0 Å². The summed E-state index contributed by atoms with van der Waals surface area (Å²) in [6, 6.07) is 0. The van der Waals surface area contributed by atoms with Crippen LogP contribution in [0.15, 0.2) is 11.6 Å². The number of aliphatic carboxylic acids is 1. The first-order chi connectivity index (χ1) is 9.01. The third-order valence-corrected chi connectivity index (χ3v) is 2.59. The van der Waals surface area contributed by atoms with Crippen LogP contribution in [0.4, 0.5) is 4.79 Å². The van der Waals surface area contributed by atoms with Crippen molar-refractivity contribution in [2.45, 2.75) is 53.6 Å². The number of hydrogen-bond acceptors (Lipinski definition) is 3. The van der Waals surface area contributed by atoms with Crippen molar-refractivity contribution in [3.8, 4) is 0 Å². The van der Waals surface area contributed by atoms with Gasteiger partial charge in [0.1, 0.15) is 5.60 Å². The number of carbonyl (C=O) groups excluding carboxylic acids is 1. The van der Waals surface area contributed by atoms with Crippen LogP contribution in [0.3, 0.4) is 0 Å². The van der Waals surface area contributed by atoms with Gasteiger partial charge < -0.3 is 15.2 Å². The first kappa shape index (κ1) is 18.5. The van der Waals surface area contributed by atoms with Crippen molar-refractivity contribution in [2.75, 3.05) is 6.54 Å². The smallest absolute Gasteiger partial charge is 0.407 e. The van der Waals surface area contributed by atoms with Gasteiger partial charge in [-0.3, -0.25) is 4.79 Å². The quantitative estimate of drug-likeness (QED) is 0.735. The zero-order valence-electron chi connectivity index (χ0n) is 13.3. The van der Waals surface area contributed by atoms with E-state index >= 15 is 0 Å². The normalized spacial score (nSPS) is 15.4. The molecule has 2 atom stereocenters. The highest BCUT2D eigenvalue weighted by Gasteiger charge is 2.16. The number of allylic oxidation sites excluding steroid dienone is 1. The first-order valence-electron chi connectivity index (χ1n) is 6.88. The first-order valence-corrected chi connectivity index (χ1v) is 6.88. The Morgan fingerprint density at radius 2 is 1.85 bits per heavy atom. The Balaban J connectivity index is 4.18. The Morgan fingerprint density at radius 3 is 2.30 bits per heavy atom. The van der Waals surface area contributed by atoms with E-state index in [1.807, 2.05) is 40.7 Å². The summed E-state index contributed by atoms with van der Waals surface area (Å²) in [5.41, 5.74) is 0.508. The molecule has 0 rings (SSSR count). The minimum atomic E-state index is -0.794. The molecule has 116 valence electrons. The van der Waals surface area contributed by atoms with Crippen molar-refractivity contribution in [2.24, 2.45) is 11.8 Å². The standard InChI is InChI=1S/C15H27NO4/c1-10(8-12(3)13(17)18)7-11(2)9-16-14(19)20-15(4,5)6/h7,11-12H,8-9H2,1-6H3,(H,16,19)(H,17,18)/b10-7+/t11-,12-/m0/s1. The lowest BCUT2D eigenvalue weighted by Gasteiger charge is -2.20. The number of ether oxygens (including phenoxy) is 1. The van der Waals surface area contributed by atoms with Crippen molar-refractivity contribution >= 4 is 12.1 Å². The number of alkyl carbamates (subject to hydrolysis) is 1. The lowest BCUT2D eigenvalue weighted by molar-refractivity contribution is -0.141. The summed E-state index contributed by atoms with van der Waals surface area (Å²) in [4.78, 5) is 22.3. The molecule has 0 fully saturated rings. The molecule has 0 radical (unpaired) electrons. The SMILES string of the molecule is C/C(=C\[C@H](C)CNC(=O)OC(C)(C)C)C[C@H](C)C(=O)O. The maximum Gasteiger partial charge on any atom is 0.407 e. The Bertz CT molecular complexity index is 369. The molecule has 0 saturated heterocycles. The highest BCUT2D eigenvalue weighted by molar-refractivity contribution is 5.69. The highest BCUT2D eigenvalue weighted by Crippen LogP contribution is 2.13. The van der Waals surface area contributed by atoms with E-state index in [1.165, 1.54) is 0 Å². The van der Waals surface area contributed by atoms with E-state index in [2.05, 4.69) is 5.32 Å². The summed E-state index contributed by atoms with van der Waals surface area (Å²) in [5.74, 6) is -1.06. The van der Waals surface area contributed by atoms with E-state index in [0.717, 1.165) is 5.57 Å². The second-order valence-electron chi connectivity index (χ2n) is 6.32. The van der Waals surface area contributed by atoms with Crippen molar-refractivity contribution in [3.63, 3.8) is 0 Å². The Kier molecular flexibility index (Phi) is 7.32. The van der Waals surface area contributed by atoms with Crippen LogP contribution in [-0.4, -0.2) is 29.3 Å². The van der Waals surface area contributed by atoms with Crippen molar-refractivity contribution in [1.29, 1.82) is 0 Å². The number of carboxylic acid groups (broad SMARTS) is 1. The molecule has 0 saturated carbocycles. The molecule has 0 unspecified atom stereocenters. The Labute approximate surface area is 121 Å². The minimum absolute atomic E-state index is 0.128. The van der Waals surface area contributed by atoms with Crippen LogP contribution < -0.4 is 5.32 Å². The van der Waals surface area contributed by atoms with Crippen LogP contribution in [0, 0.1) is 11.8 Å². The van der Waals surface area contributed by atoms with Gasteiger partial charge in [-0.05, 0) is 40.0 Å². The minimum Gasteiger partial charge on any atom is -0.481 e. The fraction of sp³-hybridized carbons (Fsp3) is 0.733. The summed E-state index contributed by atoms with van der Waals surface area (Å²) in [6.45, 7) is 11.5. The number of carbonyl (C=O) groups is 2. The van der Waals surface area contributed by atoms with Crippen molar-refractivity contribution in [1.82, 2.24) is 5.32 Å². The van der Waals surface area contributed by atoms with E-state index in [1.54, 1.807) is 6.92 Å². The molecular formula is C15H27NO4. The van der Waals surface area contributed by atoms with Gasteiger partial charge in [-0.1, -0.05) is 25.5 Å². The van der Waals surface area contributed by atoms with Gasteiger partial charge in [-0.2, -0.15) is 0 Å². The fourth-order valence-electron chi connectivity index (χ4n) is 1.74. The molecule has 0 aliphatic heterocycles.